The molecule has 5 aromatic rings. The highest BCUT2D eigenvalue weighted by Crippen LogP contribution is 2.25. The van der Waals surface area contributed by atoms with Crippen molar-refractivity contribution in [1.29, 1.82) is 0 Å². The van der Waals surface area contributed by atoms with E-state index in [0.717, 1.165) is 22.5 Å². The second-order valence-electron chi connectivity index (χ2n) is 7.54. The van der Waals surface area contributed by atoms with Crippen molar-refractivity contribution in [1.82, 2.24) is 29.1 Å². The first-order chi connectivity index (χ1) is 15.5. The summed E-state index contributed by atoms with van der Waals surface area (Å²) < 4.78 is 8.77. The average Bonchev–Trinajstić information content (AvgIpc) is 3.24. The zero-order valence-corrected chi connectivity index (χ0v) is 18.4. The summed E-state index contributed by atoms with van der Waals surface area (Å²) in [6.07, 6.45) is 6.87. The highest BCUT2D eigenvalue weighted by molar-refractivity contribution is 6.30. The van der Waals surface area contributed by atoms with Crippen LogP contribution < -0.4 is 10.3 Å². The normalized spacial score (nSPS) is 12.4. The van der Waals surface area contributed by atoms with E-state index >= 15 is 0 Å². The predicted molar refractivity (Wildman–Crippen MR) is 122 cm³/mol. The number of fused-ring (bicyclic) bond motifs is 2. The number of methoxy groups -OCH3 is 1. The molecule has 0 amide bonds. The molecule has 5 aromatic heterocycles. The summed E-state index contributed by atoms with van der Waals surface area (Å²) in [5.74, 6) is 1.17. The molecule has 0 aliphatic heterocycles. The van der Waals surface area contributed by atoms with Gasteiger partial charge in [0.1, 0.15) is 5.75 Å². The van der Waals surface area contributed by atoms with E-state index in [1.54, 1.807) is 42.4 Å². The van der Waals surface area contributed by atoms with Gasteiger partial charge in [0.15, 0.2) is 11.5 Å². The number of ether oxygens (including phenoxy) is 1. The molecule has 0 unspecified atom stereocenters. The first-order valence-electron chi connectivity index (χ1n) is 9.98. The Labute approximate surface area is 188 Å². The standard InChI is InChI=1S/C23H19ClN6O2/c1-13-8-15(19-5-4-16(24)10-25-19)12-30-21(13)27-28-22(30)14(2)29-7-6-20-18(23(29)31)9-17(32-3)11-26-20/h4-12,14H,1-3H3/t14-/m1/s1. The summed E-state index contributed by atoms with van der Waals surface area (Å²) >= 11 is 5.99. The van der Waals surface area contributed by atoms with Crippen molar-refractivity contribution in [3.8, 4) is 17.0 Å². The van der Waals surface area contributed by atoms with Crippen LogP contribution in [0.4, 0.5) is 0 Å². The molecule has 0 aromatic carbocycles. The van der Waals surface area contributed by atoms with Crippen LogP contribution in [0.3, 0.4) is 0 Å². The molecule has 5 rings (SSSR count). The number of pyridine rings is 4. The van der Waals surface area contributed by atoms with Crippen LogP contribution in [0, 0.1) is 6.92 Å². The van der Waals surface area contributed by atoms with Crippen molar-refractivity contribution in [2.75, 3.05) is 7.11 Å². The van der Waals surface area contributed by atoms with E-state index in [-0.39, 0.29) is 11.6 Å². The molecule has 0 saturated heterocycles. The highest BCUT2D eigenvalue weighted by Gasteiger charge is 2.19. The molecule has 0 fully saturated rings. The summed E-state index contributed by atoms with van der Waals surface area (Å²) in [5.41, 5.74) is 3.79. The molecular weight excluding hydrogens is 428 g/mol. The van der Waals surface area contributed by atoms with Crippen LogP contribution >= 0.6 is 11.6 Å². The lowest BCUT2D eigenvalue weighted by Crippen LogP contribution is -2.25. The maximum absolute atomic E-state index is 13.2. The van der Waals surface area contributed by atoms with Crippen molar-refractivity contribution in [3.63, 3.8) is 0 Å². The lowest BCUT2D eigenvalue weighted by molar-refractivity contribution is 0.413. The minimum absolute atomic E-state index is 0.176. The molecule has 0 N–H and O–H groups in total. The number of aryl methyl sites for hydroxylation is 1. The first-order valence-corrected chi connectivity index (χ1v) is 10.4. The Hall–Kier alpha value is -3.78. The Morgan fingerprint density at radius 3 is 2.69 bits per heavy atom. The molecule has 9 heteroatoms. The Morgan fingerprint density at radius 2 is 1.94 bits per heavy atom. The van der Waals surface area contributed by atoms with E-state index in [1.165, 1.54) is 0 Å². The van der Waals surface area contributed by atoms with E-state index in [4.69, 9.17) is 16.3 Å². The number of aromatic nitrogens is 6. The zero-order valence-electron chi connectivity index (χ0n) is 17.7. The minimum Gasteiger partial charge on any atom is -0.495 e. The van der Waals surface area contributed by atoms with Gasteiger partial charge in [-0.05, 0) is 49.7 Å². The monoisotopic (exact) mass is 446 g/mol. The molecular formula is C23H19ClN6O2. The quantitative estimate of drug-likeness (QED) is 0.413. The first kappa shape index (κ1) is 20.1. The third-order valence-corrected chi connectivity index (χ3v) is 5.74. The smallest absolute Gasteiger partial charge is 0.260 e. The van der Waals surface area contributed by atoms with Crippen LogP contribution in [-0.4, -0.2) is 36.2 Å². The van der Waals surface area contributed by atoms with Crippen LogP contribution in [-0.2, 0) is 0 Å². The number of rotatable bonds is 4. The molecule has 0 spiro atoms. The Balaban J connectivity index is 1.65. The van der Waals surface area contributed by atoms with Crippen LogP contribution in [0.15, 0.2) is 59.9 Å². The van der Waals surface area contributed by atoms with Gasteiger partial charge in [-0.25, -0.2) is 0 Å². The van der Waals surface area contributed by atoms with Gasteiger partial charge in [-0.15, -0.1) is 10.2 Å². The summed E-state index contributed by atoms with van der Waals surface area (Å²) in [7, 11) is 1.55. The fraction of sp³-hybridized carbons (Fsp3) is 0.174. The minimum atomic E-state index is -0.374. The van der Waals surface area contributed by atoms with Crippen molar-refractivity contribution >= 4 is 28.2 Å². The lowest BCUT2D eigenvalue weighted by atomic mass is 10.1. The zero-order chi connectivity index (χ0) is 22.4. The molecule has 8 nitrogen and oxygen atoms in total. The fourth-order valence-corrected chi connectivity index (χ4v) is 3.92. The molecule has 5 heterocycles. The topological polar surface area (TPSA) is 87.2 Å². The van der Waals surface area contributed by atoms with Gasteiger partial charge in [0.05, 0.1) is 41.0 Å². The fourth-order valence-electron chi connectivity index (χ4n) is 3.80. The molecule has 0 bridgehead atoms. The number of nitrogens with zero attached hydrogens (tertiary/aromatic N) is 6. The largest absolute Gasteiger partial charge is 0.495 e. The van der Waals surface area contributed by atoms with Crippen LogP contribution in [0.25, 0.3) is 27.8 Å². The molecule has 32 heavy (non-hydrogen) atoms. The molecule has 0 aliphatic carbocycles. The van der Waals surface area contributed by atoms with Gasteiger partial charge in [-0.1, -0.05) is 11.6 Å². The molecule has 0 saturated carbocycles. The molecule has 0 radical (unpaired) electrons. The predicted octanol–water partition coefficient (Wildman–Crippen LogP) is 4.08. The van der Waals surface area contributed by atoms with Gasteiger partial charge in [-0.2, -0.15) is 0 Å². The Bertz CT molecular complexity index is 1520. The van der Waals surface area contributed by atoms with Crippen molar-refractivity contribution in [3.05, 3.63) is 81.9 Å². The van der Waals surface area contributed by atoms with Crippen LogP contribution in [0.1, 0.15) is 24.4 Å². The maximum Gasteiger partial charge on any atom is 0.260 e. The van der Waals surface area contributed by atoms with Gasteiger partial charge in [0.2, 0.25) is 0 Å². The number of hydrogen-bond donors (Lipinski definition) is 0. The Morgan fingerprint density at radius 1 is 1.09 bits per heavy atom. The number of hydrogen-bond acceptors (Lipinski definition) is 6. The van der Waals surface area contributed by atoms with Crippen molar-refractivity contribution in [2.24, 2.45) is 0 Å². The third-order valence-electron chi connectivity index (χ3n) is 5.52. The van der Waals surface area contributed by atoms with Crippen LogP contribution in [0.5, 0.6) is 5.75 Å². The van der Waals surface area contributed by atoms with Gasteiger partial charge < -0.3 is 9.30 Å². The van der Waals surface area contributed by atoms with Gasteiger partial charge in [-0.3, -0.25) is 19.2 Å². The van der Waals surface area contributed by atoms with E-state index in [9.17, 15) is 4.79 Å². The van der Waals surface area contributed by atoms with Gasteiger partial charge in [0.25, 0.3) is 5.56 Å². The summed E-state index contributed by atoms with van der Waals surface area (Å²) in [5, 5.41) is 9.82. The van der Waals surface area contributed by atoms with Crippen LogP contribution in [0.2, 0.25) is 5.02 Å². The molecule has 1 atom stereocenters. The van der Waals surface area contributed by atoms with E-state index in [2.05, 4.69) is 20.2 Å². The van der Waals surface area contributed by atoms with E-state index < -0.39 is 0 Å². The van der Waals surface area contributed by atoms with Gasteiger partial charge >= 0.3 is 0 Å². The van der Waals surface area contributed by atoms with Crippen molar-refractivity contribution in [2.45, 2.75) is 19.9 Å². The summed E-state index contributed by atoms with van der Waals surface area (Å²) in [4.78, 5) is 22.0. The van der Waals surface area contributed by atoms with E-state index in [1.807, 2.05) is 42.6 Å². The second kappa shape index (κ2) is 7.72. The molecule has 0 aliphatic rings. The second-order valence-corrected chi connectivity index (χ2v) is 7.97. The SMILES string of the molecule is COc1cnc2ccn([C@H](C)c3nnc4c(C)cc(-c5ccc(Cl)cn5)cn34)c(=O)c2c1. The maximum atomic E-state index is 13.2. The average molecular weight is 447 g/mol. The Kier molecular flexibility index (Phi) is 4.86. The molecule has 160 valence electrons. The van der Waals surface area contributed by atoms with Gasteiger partial charge in [0, 0.05) is 24.2 Å². The third kappa shape index (κ3) is 3.29. The highest BCUT2D eigenvalue weighted by atomic mass is 35.5. The lowest BCUT2D eigenvalue weighted by Gasteiger charge is -2.15. The number of halogens is 1. The van der Waals surface area contributed by atoms with Crippen molar-refractivity contribution < 1.29 is 4.74 Å². The van der Waals surface area contributed by atoms with E-state index in [0.29, 0.717) is 27.5 Å². The summed E-state index contributed by atoms with van der Waals surface area (Å²) in [6, 6.07) is 8.81. The summed E-state index contributed by atoms with van der Waals surface area (Å²) in [6.45, 7) is 3.89.